The zero-order chi connectivity index (χ0) is 9.42. The molecule has 0 bridgehead atoms. The molecule has 0 aliphatic rings. The number of fused-ring (bicyclic) bond motifs is 1. The number of rotatable bonds is 1. The second kappa shape index (κ2) is 3.12. The normalized spacial score (nSPS) is 10.6. The summed E-state index contributed by atoms with van der Waals surface area (Å²) in [7, 11) is 0. The second-order valence-electron chi connectivity index (χ2n) is 2.53. The van der Waals surface area contributed by atoms with Gasteiger partial charge in [-0.05, 0) is 33.6 Å². The van der Waals surface area contributed by atoms with E-state index in [0.29, 0.717) is 11.2 Å². The average molecular weight is 259 g/mol. The highest BCUT2D eigenvalue weighted by atomic mass is 79.9. The van der Waals surface area contributed by atoms with E-state index >= 15 is 0 Å². The van der Waals surface area contributed by atoms with Crippen molar-refractivity contribution in [3.8, 4) is 0 Å². The molecule has 0 spiro atoms. The SMILES string of the molecule is O=C(Cl)c1c[nH]c2ncc(Br)cc12. The number of halogens is 2. The fourth-order valence-electron chi connectivity index (χ4n) is 1.14. The van der Waals surface area contributed by atoms with Gasteiger partial charge in [0.2, 0.25) is 0 Å². The lowest BCUT2D eigenvalue weighted by molar-refractivity contribution is 0.108. The monoisotopic (exact) mass is 258 g/mol. The third-order valence-electron chi connectivity index (χ3n) is 1.71. The summed E-state index contributed by atoms with van der Waals surface area (Å²) in [4.78, 5) is 17.9. The number of nitrogens with zero attached hydrogens (tertiary/aromatic N) is 1. The van der Waals surface area contributed by atoms with E-state index < -0.39 is 5.24 Å². The molecule has 13 heavy (non-hydrogen) atoms. The Morgan fingerprint density at radius 1 is 1.62 bits per heavy atom. The van der Waals surface area contributed by atoms with Gasteiger partial charge >= 0.3 is 0 Å². The van der Waals surface area contributed by atoms with E-state index in [1.807, 2.05) is 0 Å². The summed E-state index contributed by atoms with van der Waals surface area (Å²) < 4.78 is 0.818. The number of H-pyrrole nitrogens is 1. The van der Waals surface area contributed by atoms with Crippen molar-refractivity contribution in [3.05, 3.63) is 28.5 Å². The zero-order valence-electron chi connectivity index (χ0n) is 6.34. The Morgan fingerprint density at radius 3 is 3.08 bits per heavy atom. The van der Waals surface area contributed by atoms with Gasteiger partial charge < -0.3 is 4.98 Å². The molecule has 0 aromatic carbocycles. The summed E-state index contributed by atoms with van der Waals surface area (Å²) in [6.07, 6.45) is 3.21. The van der Waals surface area contributed by atoms with E-state index in [9.17, 15) is 4.79 Å². The Hall–Kier alpha value is -0.870. The van der Waals surface area contributed by atoms with Crippen LogP contribution >= 0.6 is 27.5 Å². The Bertz CT molecular complexity index is 480. The third-order valence-corrected chi connectivity index (χ3v) is 2.35. The van der Waals surface area contributed by atoms with Gasteiger partial charge in [-0.15, -0.1) is 0 Å². The van der Waals surface area contributed by atoms with Crippen LogP contribution in [0.1, 0.15) is 10.4 Å². The van der Waals surface area contributed by atoms with Gasteiger partial charge in [0.1, 0.15) is 5.65 Å². The van der Waals surface area contributed by atoms with Gasteiger partial charge in [0.15, 0.2) is 0 Å². The lowest BCUT2D eigenvalue weighted by atomic mass is 10.2. The standard InChI is InChI=1S/C8H4BrClN2O/c9-4-1-5-6(7(10)13)3-12-8(5)11-2-4/h1-3H,(H,11,12). The van der Waals surface area contributed by atoms with Crippen LogP contribution in [0.5, 0.6) is 0 Å². The molecule has 2 rings (SSSR count). The Labute approximate surface area is 87.2 Å². The predicted molar refractivity (Wildman–Crippen MR) is 54.0 cm³/mol. The third kappa shape index (κ3) is 1.47. The zero-order valence-corrected chi connectivity index (χ0v) is 8.69. The van der Waals surface area contributed by atoms with Gasteiger partial charge in [-0.3, -0.25) is 4.79 Å². The van der Waals surface area contributed by atoms with Crippen LogP contribution in [-0.2, 0) is 0 Å². The number of carbonyl (C=O) groups is 1. The molecule has 2 aromatic rings. The summed E-state index contributed by atoms with van der Waals surface area (Å²) in [5.74, 6) is 0. The largest absolute Gasteiger partial charge is 0.345 e. The highest BCUT2D eigenvalue weighted by Crippen LogP contribution is 2.21. The van der Waals surface area contributed by atoms with Crippen LogP contribution in [0.2, 0.25) is 0 Å². The van der Waals surface area contributed by atoms with Crippen LogP contribution < -0.4 is 0 Å². The summed E-state index contributed by atoms with van der Waals surface area (Å²) in [5, 5.41) is 0.250. The molecule has 2 heterocycles. The fraction of sp³-hybridized carbons (Fsp3) is 0. The molecule has 0 atom stereocenters. The van der Waals surface area contributed by atoms with E-state index in [2.05, 4.69) is 25.9 Å². The molecule has 0 aliphatic heterocycles. The van der Waals surface area contributed by atoms with E-state index in [1.165, 1.54) is 0 Å². The van der Waals surface area contributed by atoms with Gasteiger partial charge in [-0.1, -0.05) is 0 Å². The van der Waals surface area contributed by atoms with Gasteiger partial charge in [0, 0.05) is 22.3 Å². The highest BCUT2D eigenvalue weighted by molar-refractivity contribution is 9.10. The maximum absolute atomic E-state index is 10.9. The number of aromatic nitrogens is 2. The second-order valence-corrected chi connectivity index (χ2v) is 3.78. The van der Waals surface area contributed by atoms with E-state index in [4.69, 9.17) is 11.6 Å². The molecule has 66 valence electrons. The van der Waals surface area contributed by atoms with Crippen LogP contribution in [0.3, 0.4) is 0 Å². The highest BCUT2D eigenvalue weighted by Gasteiger charge is 2.09. The minimum absolute atomic E-state index is 0.450. The molecule has 0 saturated carbocycles. The van der Waals surface area contributed by atoms with Crippen molar-refractivity contribution in [2.24, 2.45) is 0 Å². The maximum atomic E-state index is 10.9. The summed E-state index contributed by atoms with van der Waals surface area (Å²) in [6.45, 7) is 0. The Morgan fingerprint density at radius 2 is 2.38 bits per heavy atom. The molecular formula is C8H4BrClN2O. The molecule has 0 unspecified atom stereocenters. The van der Waals surface area contributed by atoms with Crippen molar-refractivity contribution in [3.63, 3.8) is 0 Å². The molecule has 2 aromatic heterocycles. The van der Waals surface area contributed by atoms with E-state index in [1.54, 1.807) is 18.5 Å². The van der Waals surface area contributed by atoms with Crippen molar-refractivity contribution in [2.75, 3.05) is 0 Å². The van der Waals surface area contributed by atoms with E-state index in [0.717, 1.165) is 9.86 Å². The number of aromatic amines is 1. The fourth-order valence-corrected chi connectivity index (χ4v) is 1.63. The first-order valence-corrected chi connectivity index (χ1v) is 4.68. The van der Waals surface area contributed by atoms with Crippen LogP contribution in [0.15, 0.2) is 22.9 Å². The van der Waals surface area contributed by atoms with Crippen molar-refractivity contribution >= 4 is 43.8 Å². The lowest BCUT2D eigenvalue weighted by Gasteiger charge is -1.91. The molecule has 0 saturated heterocycles. The smallest absolute Gasteiger partial charge is 0.254 e. The van der Waals surface area contributed by atoms with Crippen molar-refractivity contribution in [1.29, 1.82) is 0 Å². The van der Waals surface area contributed by atoms with Crippen molar-refractivity contribution in [2.45, 2.75) is 0 Å². The molecule has 0 radical (unpaired) electrons. The van der Waals surface area contributed by atoms with Crippen LogP contribution in [0, 0.1) is 0 Å². The van der Waals surface area contributed by atoms with Gasteiger partial charge in [0.25, 0.3) is 5.24 Å². The molecule has 0 aliphatic carbocycles. The first-order valence-electron chi connectivity index (χ1n) is 3.51. The molecule has 5 heteroatoms. The number of hydrogen-bond acceptors (Lipinski definition) is 2. The first-order chi connectivity index (χ1) is 6.18. The molecule has 0 amide bonds. The van der Waals surface area contributed by atoms with Crippen LogP contribution in [-0.4, -0.2) is 15.2 Å². The molecule has 1 N–H and O–H groups in total. The Kier molecular flexibility index (Phi) is 2.09. The van der Waals surface area contributed by atoms with Crippen molar-refractivity contribution in [1.82, 2.24) is 9.97 Å². The summed E-state index contributed by atoms with van der Waals surface area (Å²) in [6, 6.07) is 1.80. The number of carbonyl (C=O) groups excluding carboxylic acids is 1. The summed E-state index contributed by atoms with van der Waals surface area (Å²) in [5.41, 5.74) is 1.11. The first kappa shape index (κ1) is 8.72. The van der Waals surface area contributed by atoms with Gasteiger partial charge in [-0.2, -0.15) is 0 Å². The van der Waals surface area contributed by atoms with Crippen LogP contribution in [0.25, 0.3) is 11.0 Å². The number of hydrogen-bond donors (Lipinski definition) is 1. The number of nitrogens with one attached hydrogen (secondary N) is 1. The quantitative estimate of drug-likeness (QED) is 0.800. The number of pyridine rings is 1. The van der Waals surface area contributed by atoms with Crippen LogP contribution in [0.4, 0.5) is 0 Å². The lowest BCUT2D eigenvalue weighted by Crippen LogP contribution is -1.85. The van der Waals surface area contributed by atoms with Gasteiger partial charge in [0.05, 0.1) is 5.56 Å². The maximum Gasteiger partial charge on any atom is 0.254 e. The molecule has 3 nitrogen and oxygen atoms in total. The predicted octanol–water partition coefficient (Wildman–Crippen LogP) is 2.70. The summed E-state index contributed by atoms with van der Waals surface area (Å²) >= 11 is 8.64. The topological polar surface area (TPSA) is 45.8 Å². The van der Waals surface area contributed by atoms with E-state index in [-0.39, 0.29) is 0 Å². The van der Waals surface area contributed by atoms with Crippen molar-refractivity contribution < 1.29 is 4.79 Å². The Balaban J connectivity index is 2.79. The minimum Gasteiger partial charge on any atom is -0.345 e. The van der Waals surface area contributed by atoms with Gasteiger partial charge in [-0.25, -0.2) is 4.98 Å². The average Bonchev–Trinajstić information content (AvgIpc) is 2.46. The molecule has 0 fully saturated rings. The minimum atomic E-state index is -0.480. The molecular weight excluding hydrogens is 255 g/mol.